The Morgan fingerprint density at radius 3 is 3.09 bits per heavy atom. The molecule has 0 aromatic rings. The van der Waals surface area contributed by atoms with E-state index < -0.39 is 0 Å². The van der Waals surface area contributed by atoms with Crippen molar-refractivity contribution in [3.8, 4) is 0 Å². The van der Waals surface area contributed by atoms with Crippen LogP contribution in [0.2, 0.25) is 0 Å². The highest BCUT2D eigenvalue weighted by atomic mass is 15.2. The van der Waals surface area contributed by atoms with Crippen molar-refractivity contribution >= 4 is 0 Å². The predicted molar refractivity (Wildman–Crippen MR) is 46.4 cm³/mol. The summed E-state index contributed by atoms with van der Waals surface area (Å²) in [7, 11) is 0. The number of hydrogen-bond donors (Lipinski definition) is 1. The lowest BCUT2D eigenvalue weighted by Crippen LogP contribution is -2.22. The van der Waals surface area contributed by atoms with Gasteiger partial charge in [0.1, 0.15) is 0 Å². The van der Waals surface area contributed by atoms with Gasteiger partial charge in [0, 0.05) is 12.6 Å². The zero-order valence-electron chi connectivity index (χ0n) is 7.13. The molecule has 2 nitrogen and oxygen atoms in total. The Labute approximate surface area is 68.7 Å². The van der Waals surface area contributed by atoms with Crippen LogP contribution in [-0.4, -0.2) is 30.6 Å². The van der Waals surface area contributed by atoms with Gasteiger partial charge in [0.05, 0.1) is 0 Å². The fourth-order valence-corrected chi connectivity index (χ4v) is 2.64. The summed E-state index contributed by atoms with van der Waals surface area (Å²) in [4.78, 5) is 2.65. The molecular weight excluding hydrogens is 136 g/mol. The second kappa shape index (κ2) is 3.11. The molecule has 2 atom stereocenters. The van der Waals surface area contributed by atoms with E-state index in [1.54, 1.807) is 0 Å². The SMILES string of the molecule is NCCC1CC2CCCN2C1. The zero-order chi connectivity index (χ0) is 7.68. The molecule has 0 amide bonds. The Hall–Kier alpha value is -0.0800. The third-order valence-electron chi connectivity index (χ3n) is 3.17. The van der Waals surface area contributed by atoms with Gasteiger partial charge in [-0.3, -0.25) is 0 Å². The van der Waals surface area contributed by atoms with Crippen molar-refractivity contribution in [2.24, 2.45) is 11.7 Å². The molecule has 2 heteroatoms. The average molecular weight is 154 g/mol. The first-order valence-corrected chi connectivity index (χ1v) is 4.84. The smallest absolute Gasteiger partial charge is 0.00989 e. The molecule has 2 saturated heterocycles. The van der Waals surface area contributed by atoms with Crippen LogP contribution in [0.3, 0.4) is 0 Å². The van der Waals surface area contributed by atoms with Crippen molar-refractivity contribution in [3.05, 3.63) is 0 Å². The van der Waals surface area contributed by atoms with E-state index in [1.807, 2.05) is 0 Å². The molecule has 0 bridgehead atoms. The molecule has 0 saturated carbocycles. The Balaban J connectivity index is 1.84. The van der Waals surface area contributed by atoms with E-state index in [9.17, 15) is 0 Å². The Morgan fingerprint density at radius 1 is 1.45 bits per heavy atom. The highest BCUT2D eigenvalue weighted by molar-refractivity contribution is 4.89. The first-order valence-electron chi connectivity index (χ1n) is 4.84. The van der Waals surface area contributed by atoms with E-state index in [0.717, 1.165) is 18.5 Å². The van der Waals surface area contributed by atoms with Gasteiger partial charge in [-0.25, -0.2) is 0 Å². The van der Waals surface area contributed by atoms with Gasteiger partial charge in [0.15, 0.2) is 0 Å². The van der Waals surface area contributed by atoms with Crippen molar-refractivity contribution in [2.75, 3.05) is 19.6 Å². The lowest BCUT2D eigenvalue weighted by atomic mass is 10.0. The van der Waals surface area contributed by atoms with Crippen molar-refractivity contribution in [2.45, 2.75) is 31.7 Å². The van der Waals surface area contributed by atoms with Crippen molar-refractivity contribution in [1.29, 1.82) is 0 Å². The summed E-state index contributed by atoms with van der Waals surface area (Å²) in [6.07, 6.45) is 5.55. The average Bonchev–Trinajstić information content (AvgIpc) is 2.46. The molecule has 0 radical (unpaired) electrons. The molecule has 11 heavy (non-hydrogen) atoms. The standard InChI is InChI=1S/C9H18N2/c10-4-3-8-6-9-2-1-5-11(9)7-8/h8-9H,1-7,10H2. The molecule has 2 unspecified atom stereocenters. The highest BCUT2D eigenvalue weighted by Gasteiger charge is 2.34. The van der Waals surface area contributed by atoms with Crippen LogP contribution in [-0.2, 0) is 0 Å². The monoisotopic (exact) mass is 154 g/mol. The predicted octanol–water partition coefficient (Wildman–Crippen LogP) is 0.820. The number of fused-ring (bicyclic) bond motifs is 1. The molecule has 64 valence electrons. The van der Waals surface area contributed by atoms with E-state index >= 15 is 0 Å². The lowest BCUT2D eigenvalue weighted by Gasteiger charge is -2.12. The van der Waals surface area contributed by atoms with E-state index in [2.05, 4.69) is 4.90 Å². The second-order valence-electron chi connectivity index (χ2n) is 3.97. The van der Waals surface area contributed by atoms with Gasteiger partial charge in [-0.1, -0.05) is 0 Å². The molecule has 0 aliphatic carbocycles. The topological polar surface area (TPSA) is 29.3 Å². The minimum Gasteiger partial charge on any atom is -0.330 e. The van der Waals surface area contributed by atoms with Crippen molar-refractivity contribution in [3.63, 3.8) is 0 Å². The molecule has 0 spiro atoms. The third kappa shape index (κ3) is 1.42. The minimum absolute atomic E-state index is 0.880. The molecule has 2 heterocycles. The van der Waals surface area contributed by atoms with Gasteiger partial charge in [0.2, 0.25) is 0 Å². The molecule has 2 aliphatic heterocycles. The van der Waals surface area contributed by atoms with Gasteiger partial charge in [-0.15, -0.1) is 0 Å². The normalized spacial score (nSPS) is 37.9. The molecule has 0 aromatic heterocycles. The largest absolute Gasteiger partial charge is 0.330 e. The molecule has 0 aromatic carbocycles. The maximum Gasteiger partial charge on any atom is 0.00989 e. The summed E-state index contributed by atoms with van der Waals surface area (Å²) in [6.45, 7) is 3.57. The maximum atomic E-state index is 5.54. The van der Waals surface area contributed by atoms with Crippen LogP contribution in [0, 0.1) is 5.92 Å². The van der Waals surface area contributed by atoms with Crippen LogP contribution in [0.25, 0.3) is 0 Å². The van der Waals surface area contributed by atoms with Crippen LogP contribution in [0.1, 0.15) is 25.7 Å². The Bertz CT molecular complexity index is 124. The summed E-state index contributed by atoms with van der Waals surface area (Å²) in [5, 5.41) is 0. The highest BCUT2D eigenvalue weighted by Crippen LogP contribution is 2.32. The van der Waals surface area contributed by atoms with Crippen LogP contribution in [0.5, 0.6) is 0 Å². The molecule has 2 N–H and O–H groups in total. The molecular formula is C9H18N2. The lowest BCUT2D eigenvalue weighted by molar-refractivity contribution is 0.316. The summed E-state index contributed by atoms with van der Waals surface area (Å²) < 4.78 is 0. The summed E-state index contributed by atoms with van der Waals surface area (Å²) >= 11 is 0. The van der Waals surface area contributed by atoms with Gasteiger partial charge in [0.25, 0.3) is 0 Å². The van der Waals surface area contributed by atoms with E-state index in [4.69, 9.17) is 5.73 Å². The van der Waals surface area contributed by atoms with Crippen molar-refractivity contribution in [1.82, 2.24) is 4.90 Å². The number of nitrogens with zero attached hydrogens (tertiary/aromatic N) is 1. The van der Waals surface area contributed by atoms with Gasteiger partial charge >= 0.3 is 0 Å². The third-order valence-corrected chi connectivity index (χ3v) is 3.17. The minimum atomic E-state index is 0.880. The Morgan fingerprint density at radius 2 is 2.36 bits per heavy atom. The summed E-state index contributed by atoms with van der Waals surface area (Å²) in [5.74, 6) is 0.922. The van der Waals surface area contributed by atoms with Gasteiger partial charge in [-0.2, -0.15) is 0 Å². The van der Waals surface area contributed by atoms with E-state index in [1.165, 1.54) is 38.8 Å². The fraction of sp³-hybridized carbons (Fsp3) is 1.00. The second-order valence-corrected chi connectivity index (χ2v) is 3.97. The van der Waals surface area contributed by atoms with Crippen LogP contribution in [0.4, 0.5) is 0 Å². The number of rotatable bonds is 2. The first kappa shape index (κ1) is 7.56. The van der Waals surface area contributed by atoms with E-state index in [0.29, 0.717) is 0 Å². The van der Waals surface area contributed by atoms with Gasteiger partial charge < -0.3 is 10.6 Å². The van der Waals surface area contributed by atoms with Crippen LogP contribution in [0.15, 0.2) is 0 Å². The molecule has 2 rings (SSSR count). The number of hydrogen-bond acceptors (Lipinski definition) is 2. The Kier molecular flexibility index (Phi) is 2.14. The first-order chi connectivity index (χ1) is 5.40. The van der Waals surface area contributed by atoms with Gasteiger partial charge in [-0.05, 0) is 44.7 Å². The van der Waals surface area contributed by atoms with E-state index in [-0.39, 0.29) is 0 Å². The van der Waals surface area contributed by atoms with Crippen LogP contribution < -0.4 is 5.73 Å². The molecule has 2 aliphatic rings. The quantitative estimate of drug-likeness (QED) is 0.638. The van der Waals surface area contributed by atoms with Crippen LogP contribution >= 0.6 is 0 Å². The summed E-state index contributed by atoms with van der Waals surface area (Å²) in [5.41, 5.74) is 5.54. The summed E-state index contributed by atoms with van der Waals surface area (Å²) in [6, 6.07) is 0.937. The molecule has 2 fully saturated rings. The zero-order valence-corrected chi connectivity index (χ0v) is 7.13. The maximum absolute atomic E-state index is 5.54. The number of nitrogens with two attached hydrogens (primary N) is 1. The fourth-order valence-electron chi connectivity index (χ4n) is 2.64. The van der Waals surface area contributed by atoms with Crippen molar-refractivity contribution < 1.29 is 0 Å².